The highest BCUT2D eigenvalue weighted by molar-refractivity contribution is 7.09. The highest BCUT2D eigenvalue weighted by Gasteiger charge is 2.15. The molecule has 2 rings (SSSR count). The van der Waals surface area contributed by atoms with Gasteiger partial charge in [0.25, 0.3) is 5.56 Å². The van der Waals surface area contributed by atoms with Gasteiger partial charge in [-0.1, -0.05) is 0 Å². The molecule has 0 radical (unpaired) electrons. The molecule has 7 nitrogen and oxygen atoms in total. The molecular weight excluding hydrogens is 266 g/mol. The van der Waals surface area contributed by atoms with Crippen molar-refractivity contribution in [2.24, 2.45) is 0 Å². The average Bonchev–Trinajstić information content (AvgIpc) is 2.88. The van der Waals surface area contributed by atoms with Gasteiger partial charge in [-0.2, -0.15) is 0 Å². The van der Waals surface area contributed by atoms with E-state index in [-0.39, 0.29) is 17.5 Å². The Morgan fingerprint density at radius 1 is 1.58 bits per heavy atom. The second-order valence-electron chi connectivity index (χ2n) is 4.00. The van der Waals surface area contributed by atoms with Crippen LogP contribution in [0, 0.1) is 0 Å². The van der Waals surface area contributed by atoms with Crippen LogP contribution in [-0.4, -0.2) is 14.5 Å². The van der Waals surface area contributed by atoms with E-state index in [0.29, 0.717) is 6.54 Å². The van der Waals surface area contributed by atoms with Crippen LogP contribution in [0.25, 0.3) is 0 Å². The zero-order valence-electron chi connectivity index (χ0n) is 10.6. The third-order valence-corrected chi connectivity index (χ3v) is 3.70. The number of nitrogen functional groups attached to an aromatic ring is 1. The molecule has 0 aliphatic heterocycles. The summed E-state index contributed by atoms with van der Waals surface area (Å²) in [5.74, 6) is 0.139. The van der Waals surface area contributed by atoms with Gasteiger partial charge in [-0.05, 0) is 13.8 Å². The minimum absolute atomic E-state index is 0.139. The Morgan fingerprint density at radius 2 is 2.32 bits per heavy atom. The van der Waals surface area contributed by atoms with Crippen molar-refractivity contribution in [1.82, 2.24) is 14.5 Å². The molecule has 0 aliphatic rings. The molecule has 8 heteroatoms. The van der Waals surface area contributed by atoms with Crippen LogP contribution in [-0.2, 0) is 6.54 Å². The van der Waals surface area contributed by atoms with Crippen LogP contribution in [0.3, 0.4) is 0 Å². The molecule has 2 heterocycles. The number of H-pyrrole nitrogens is 1. The third-order valence-electron chi connectivity index (χ3n) is 2.74. The largest absolute Gasteiger partial charge is 0.383 e. The summed E-state index contributed by atoms with van der Waals surface area (Å²) >= 11 is 1.48. The molecule has 2 aromatic rings. The van der Waals surface area contributed by atoms with E-state index in [4.69, 9.17) is 5.73 Å². The maximum atomic E-state index is 11.8. The van der Waals surface area contributed by atoms with Crippen molar-refractivity contribution in [2.75, 3.05) is 11.1 Å². The van der Waals surface area contributed by atoms with Crippen LogP contribution in [0.4, 0.5) is 11.5 Å². The maximum absolute atomic E-state index is 11.8. The predicted molar refractivity (Wildman–Crippen MR) is 75.6 cm³/mol. The Morgan fingerprint density at radius 3 is 2.89 bits per heavy atom. The molecule has 1 atom stereocenters. The SMILES string of the molecule is CCn1c(N)c(NC(C)c2nccs2)c(=O)[nH]c1=O. The molecular formula is C11H15N5O2S. The molecule has 0 aromatic carbocycles. The summed E-state index contributed by atoms with van der Waals surface area (Å²) in [6.07, 6.45) is 1.69. The van der Waals surface area contributed by atoms with Gasteiger partial charge < -0.3 is 11.1 Å². The molecule has 102 valence electrons. The van der Waals surface area contributed by atoms with E-state index in [1.807, 2.05) is 12.3 Å². The maximum Gasteiger partial charge on any atom is 0.330 e. The van der Waals surface area contributed by atoms with Crippen molar-refractivity contribution in [2.45, 2.75) is 26.4 Å². The molecule has 0 aliphatic carbocycles. The topological polar surface area (TPSA) is 106 Å². The van der Waals surface area contributed by atoms with Crippen molar-refractivity contribution >= 4 is 22.8 Å². The first-order valence-corrected chi connectivity index (χ1v) is 6.71. The van der Waals surface area contributed by atoms with Crippen LogP contribution < -0.4 is 22.3 Å². The fourth-order valence-electron chi connectivity index (χ4n) is 1.77. The molecule has 19 heavy (non-hydrogen) atoms. The smallest absolute Gasteiger partial charge is 0.330 e. The van der Waals surface area contributed by atoms with Gasteiger partial charge in [-0.25, -0.2) is 9.78 Å². The number of hydrogen-bond donors (Lipinski definition) is 3. The Hall–Kier alpha value is -2.09. The molecule has 4 N–H and O–H groups in total. The number of nitrogens with two attached hydrogens (primary N) is 1. The Labute approximate surface area is 113 Å². The Balaban J connectivity index is 2.41. The molecule has 0 saturated carbocycles. The van der Waals surface area contributed by atoms with E-state index in [9.17, 15) is 9.59 Å². The van der Waals surface area contributed by atoms with Crippen molar-refractivity contribution in [3.63, 3.8) is 0 Å². The number of anilines is 2. The van der Waals surface area contributed by atoms with Gasteiger partial charge in [0.05, 0.1) is 6.04 Å². The van der Waals surface area contributed by atoms with Crippen molar-refractivity contribution < 1.29 is 0 Å². The number of aromatic amines is 1. The first-order chi connectivity index (χ1) is 9.04. The normalized spacial score (nSPS) is 12.3. The third kappa shape index (κ3) is 2.53. The van der Waals surface area contributed by atoms with Gasteiger partial charge >= 0.3 is 5.69 Å². The Bertz CT molecular complexity index is 673. The minimum Gasteiger partial charge on any atom is -0.383 e. The van der Waals surface area contributed by atoms with E-state index >= 15 is 0 Å². The molecule has 0 bridgehead atoms. The zero-order chi connectivity index (χ0) is 14.0. The fourth-order valence-corrected chi connectivity index (χ4v) is 2.41. The average molecular weight is 281 g/mol. The molecule has 0 saturated heterocycles. The number of nitrogens with one attached hydrogen (secondary N) is 2. The summed E-state index contributed by atoms with van der Waals surface area (Å²) in [5, 5.41) is 5.70. The lowest BCUT2D eigenvalue weighted by atomic mass is 10.3. The van der Waals surface area contributed by atoms with E-state index < -0.39 is 11.2 Å². The van der Waals surface area contributed by atoms with Crippen LogP contribution in [0.5, 0.6) is 0 Å². The van der Waals surface area contributed by atoms with E-state index in [2.05, 4.69) is 15.3 Å². The predicted octanol–water partition coefficient (Wildman–Crippen LogP) is 0.768. The molecule has 0 amide bonds. The van der Waals surface area contributed by atoms with Crippen LogP contribution in [0.2, 0.25) is 0 Å². The van der Waals surface area contributed by atoms with Crippen molar-refractivity contribution in [1.29, 1.82) is 0 Å². The van der Waals surface area contributed by atoms with Crippen LogP contribution >= 0.6 is 11.3 Å². The second kappa shape index (κ2) is 5.27. The summed E-state index contributed by atoms with van der Waals surface area (Å²) < 4.78 is 1.30. The molecule has 0 spiro atoms. The number of aromatic nitrogens is 3. The Kier molecular flexibility index (Phi) is 3.70. The van der Waals surface area contributed by atoms with Crippen molar-refractivity contribution in [3.8, 4) is 0 Å². The van der Waals surface area contributed by atoms with Gasteiger partial charge in [0.15, 0.2) is 0 Å². The van der Waals surface area contributed by atoms with Gasteiger partial charge in [-0.15, -0.1) is 11.3 Å². The second-order valence-corrected chi connectivity index (χ2v) is 4.93. The molecule has 2 aromatic heterocycles. The van der Waals surface area contributed by atoms with Crippen molar-refractivity contribution in [3.05, 3.63) is 37.4 Å². The van der Waals surface area contributed by atoms with Gasteiger partial charge in [-0.3, -0.25) is 14.3 Å². The minimum atomic E-state index is -0.518. The van der Waals surface area contributed by atoms with Gasteiger partial charge in [0.2, 0.25) is 0 Å². The molecule has 0 fully saturated rings. The summed E-state index contributed by atoms with van der Waals surface area (Å²) in [6, 6.07) is -0.161. The molecule has 1 unspecified atom stereocenters. The zero-order valence-corrected chi connectivity index (χ0v) is 11.5. The quantitative estimate of drug-likeness (QED) is 0.767. The highest BCUT2D eigenvalue weighted by atomic mass is 32.1. The summed E-state index contributed by atoms with van der Waals surface area (Å²) in [4.78, 5) is 29.8. The van der Waals surface area contributed by atoms with Gasteiger partial charge in [0.1, 0.15) is 16.5 Å². The summed E-state index contributed by atoms with van der Waals surface area (Å²) in [7, 11) is 0. The van der Waals surface area contributed by atoms with Gasteiger partial charge in [0, 0.05) is 18.1 Å². The summed E-state index contributed by atoms with van der Waals surface area (Å²) in [5.41, 5.74) is 5.04. The van der Waals surface area contributed by atoms with Crippen LogP contribution in [0.15, 0.2) is 21.2 Å². The highest BCUT2D eigenvalue weighted by Crippen LogP contribution is 2.21. The number of hydrogen-bond acceptors (Lipinski definition) is 6. The number of nitrogens with zero attached hydrogens (tertiary/aromatic N) is 2. The lowest BCUT2D eigenvalue weighted by Gasteiger charge is -2.16. The first-order valence-electron chi connectivity index (χ1n) is 5.83. The standard InChI is InChI=1S/C11H15N5O2S/c1-3-16-8(12)7(9(17)15-11(16)18)14-6(2)10-13-4-5-19-10/h4-6,14H,3,12H2,1-2H3,(H,15,17,18). The van der Waals surface area contributed by atoms with E-state index in [1.165, 1.54) is 15.9 Å². The number of thiazole rings is 1. The first kappa shape index (κ1) is 13.3. The van der Waals surface area contributed by atoms with E-state index in [1.54, 1.807) is 13.1 Å². The van der Waals surface area contributed by atoms with E-state index in [0.717, 1.165) is 5.01 Å². The monoisotopic (exact) mass is 281 g/mol. The van der Waals surface area contributed by atoms with Crippen LogP contribution in [0.1, 0.15) is 24.9 Å². The fraction of sp³-hybridized carbons (Fsp3) is 0.364. The lowest BCUT2D eigenvalue weighted by Crippen LogP contribution is -2.34. The lowest BCUT2D eigenvalue weighted by molar-refractivity contribution is 0.703. The summed E-state index contributed by atoms with van der Waals surface area (Å²) in [6.45, 7) is 4.05. The number of rotatable bonds is 4.